The molecule has 0 spiro atoms. The standard InChI is InChI=1S/C27H31N5OS2/c1-18-23-13-24(35-29-27(2)10-11-27)34-25(23)32(26(33)31(18)17-20-14-28-30(3)15-20)16-19-8-9-21-6-4-5-7-22(21)12-19/h8-9,12-15,29H,1,4-7,10-11,16-17H2,2-3H3. The van der Waals surface area contributed by atoms with Gasteiger partial charge in [0.05, 0.1) is 23.5 Å². The molecule has 3 heterocycles. The Labute approximate surface area is 215 Å². The van der Waals surface area contributed by atoms with Gasteiger partial charge in [-0.15, -0.1) is 11.3 Å². The number of benzene rings is 1. The molecule has 0 saturated heterocycles. The van der Waals surface area contributed by atoms with Gasteiger partial charge in [0.25, 0.3) is 0 Å². The number of amides is 2. The Bertz CT molecular complexity index is 1300. The van der Waals surface area contributed by atoms with E-state index < -0.39 is 0 Å². The maximum atomic E-state index is 13.9. The van der Waals surface area contributed by atoms with Crippen LogP contribution in [0.3, 0.4) is 0 Å². The lowest BCUT2D eigenvalue weighted by Gasteiger charge is -2.36. The minimum Gasteiger partial charge on any atom is -0.289 e. The minimum absolute atomic E-state index is 0.0235. The lowest BCUT2D eigenvalue weighted by Crippen LogP contribution is -2.44. The molecule has 6 nitrogen and oxygen atoms in total. The number of rotatable bonds is 7. The molecule has 1 aromatic carbocycles. The molecule has 3 aromatic rings. The zero-order valence-corrected chi connectivity index (χ0v) is 22.0. The van der Waals surface area contributed by atoms with Crippen molar-refractivity contribution < 1.29 is 4.79 Å². The summed E-state index contributed by atoms with van der Waals surface area (Å²) >= 11 is 3.36. The maximum Gasteiger partial charge on any atom is 0.330 e. The van der Waals surface area contributed by atoms with Gasteiger partial charge in [-0.05, 0) is 80.2 Å². The molecule has 182 valence electrons. The largest absolute Gasteiger partial charge is 0.330 e. The second kappa shape index (κ2) is 8.84. The fraction of sp³-hybridized carbons (Fsp3) is 0.407. The highest BCUT2D eigenvalue weighted by Crippen LogP contribution is 2.47. The van der Waals surface area contributed by atoms with E-state index in [9.17, 15) is 4.79 Å². The summed E-state index contributed by atoms with van der Waals surface area (Å²) in [6.45, 7) is 7.63. The lowest BCUT2D eigenvalue weighted by atomic mass is 9.90. The van der Waals surface area contributed by atoms with Crippen LogP contribution in [0.5, 0.6) is 0 Å². The van der Waals surface area contributed by atoms with Gasteiger partial charge in [-0.1, -0.05) is 24.8 Å². The number of hydrogen-bond acceptors (Lipinski definition) is 5. The van der Waals surface area contributed by atoms with Crippen LogP contribution in [0.15, 0.2) is 47.4 Å². The Hall–Kier alpha value is -2.55. The normalized spacial score (nSPS) is 18.6. The van der Waals surface area contributed by atoms with Crippen LogP contribution < -0.4 is 9.62 Å². The van der Waals surface area contributed by atoms with Crippen LogP contribution >= 0.6 is 23.3 Å². The minimum atomic E-state index is -0.0235. The summed E-state index contributed by atoms with van der Waals surface area (Å²) < 4.78 is 6.54. The molecule has 2 amide bonds. The Balaban J connectivity index is 1.33. The van der Waals surface area contributed by atoms with E-state index in [1.165, 1.54) is 48.8 Å². The van der Waals surface area contributed by atoms with Gasteiger partial charge in [-0.3, -0.25) is 19.2 Å². The predicted molar refractivity (Wildman–Crippen MR) is 143 cm³/mol. The number of thiophene rings is 1. The first-order chi connectivity index (χ1) is 16.9. The van der Waals surface area contributed by atoms with Gasteiger partial charge in [-0.25, -0.2) is 4.79 Å². The summed E-state index contributed by atoms with van der Waals surface area (Å²) in [5.74, 6) is 0. The van der Waals surface area contributed by atoms with Crippen molar-refractivity contribution in [3.63, 3.8) is 0 Å². The molecule has 6 rings (SSSR count). The predicted octanol–water partition coefficient (Wildman–Crippen LogP) is 6.12. The fourth-order valence-corrected chi connectivity index (χ4v) is 7.04. The van der Waals surface area contributed by atoms with Crippen molar-refractivity contribution in [1.29, 1.82) is 0 Å². The number of urea groups is 1. The molecular weight excluding hydrogens is 474 g/mol. The molecule has 0 unspecified atom stereocenters. The summed E-state index contributed by atoms with van der Waals surface area (Å²) in [4.78, 5) is 17.6. The van der Waals surface area contributed by atoms with Crippen molar-refractivity contribution in [3.8, 4) is 0 Å². The number of anilines is 1. The molecule has 1 fully saturated rings. The first-order valence-electron chi connectivity index (χ1n) is 12.3. The van der Waals surface area contributed by atoms with Gasteiger partial charge < -0.3 is 0 Å². The third-order valence-electron chi connectivity index (χ3n) is 7.28. The maximum absolute atomic E-state index is 13.9. The molecule has 0 bridgehead atoms. The van der Waals surface area contributed by atoms with E-state index in [0.717, 1.165) is 32.5 Å². The lowest BCUT2D eigenvalue weighted by molar-refractivity contribution is 0.221. The first kappa shape index (κ1) is 22.9. The van der Waals surface area contributed by atoms with E-state index in [1.54, 1.807) is 32.9 Å². The van der Waals surface area contributed by atoms with E-state index in [4.69, 9.17) is 0 Å². The van der Waals surface area contributed by atoms with Crippen LogP contribution in [0.2, 0.25) is 0 Å². The van der Waals surface area contributed by atoms with Crippen molar-refractivity contribution in [2.24, 2.45) is 7.05 Å². The van der Waals surface area contributed by atoms with Crippen molar-refractivity contribution in [3.05, 3.63) is 71.1 Å². The third kappa shape index (κ3) is 4.55. The molecule has 0 radical (unpaired) electrons. The van der Waals surface area contributed by atoms with Crippen LogP contribution in [0, 0.1) is 0 Å². The van der Waals surface area contributed by atoms with Crippen LogP contribution in [-0.2, 0) is 33.0 Å². The summed E-state index contributed by atoms with van der Waals surface area (Å²) in [6, 6.07) is 8.94. The van der Waals surface area contributed by atoms with Crippen LogP contribution in [0.25, 0.3) is 5.70 Å². The van der Waals surface area contributed by atoms with Crippen molar-refractivity contribution in [2.45, 2.75) is 68.3 Å². The summed E-state index contributed by atoms with van der Waals surface area (Å²) in [5, 5.41) is 5.28. The third-order valence-corrected chi connectivity index (χ3v) is 9.65. The second-order valence-corrected chi connectivity index (χ2v) is 12.4. The monoisotopic (exact) mass is 505 g/mol. The highest BCUT2D eigenvalue weighted by atomic mass is 32.2. The number of aryl methyl sites for hydroxylation is 3. The molecule has 3 aliphatic rings. The summed E-state index contributed by atoms with van der Waals surface area (Å²) in [6.07, 6.45) is 11.0. The van der Waals surface area contributed by atoms with Crippen LogP contribution in [0.4, 0.5) is 9.80 Å². The molecule has 35 heavy (non-hydrogen) atoms. The Morgan fingerprint density at radius 1 is 1.11 bits per heavy atom. The zero-order valence-electron chi connectivity index (χ0n) is 20.3. The summed E-state index contributed by atoms with van der Waals surface area (Å²) in [7, 11) is 1.90. The van der Waals surface area contributed by atoms with Crippen molar-refractivity contribution in [2.75, 3.05) is 4.90 Å². The van der Waals surface area contributed by atoms with Crippen LogP contribution in [-0.4, -0.2) is 26.3 Å². The van der Waals surface area contributed by atoms with E-state index in [-0.39, 0.29) is 11.6 Å². The molecule has 1 aliphatic heterocycles. The number of nitrogens with one attached hydrogen (secondary N) is 1. The summed E-state index contributed by atoms with van der Waals surface area (Å²) in [5.41, 5.74) is 7.12. The average Bonchev–Trinajstić information content (AvgIpc) is 3.24. The molecule has 1 saturated carbocycles. The molecule has 0 atom stereocenters. The van der Waals surface area contributed by atoms with Gasteiger partial charge in [0, 0.05) is 35.6 Å². The van der Waals surface area contributed by atoms with Crippen molar-refractivity contribution >= 4 is 40.0 Å². The smallest absolute Gasteiger partial charge is 0.289 e. The van der Waals surface area contributed by atoms with Gasteiger partial charge in [0.15, 0.2) is 0 Å². The zero-order chi connectivity index (χ0) is 24.2. The Morgan fingerprint density at radius 3 is 2.63 bits per heavy atom. The molecule has 1 N–H and O–H groups in total. The number of carbonyl (C=O) groups is 1. The van der Waals surface area contributed by atoms with Crippen molar-refractivity contribution in [1.82, 2.24) is 19.4 Å². The van der Waals surface area contributed by atoms with E-state index in [0.29, 0.717) is 13.1 Å². The van der Waals surface area contributed by atoms with Crippen LogP contribution in [0.1, 0.15) is 60.4 Å². The SMILES string of the molecule is C=C1c2cc(SNC3(C)CC3)sc2N(Cc2ccc3c(c2)CCCC3)C(=O)N1Cc1cnn(C)c1. The molecule has 8 heteroatoms. The van der Waals surface area contributed by atoms with E-state index in [1.807, 2.05) is 24.3 Å². The number of hydrogen-bond donors (Lipinski definition) is 1. The first-order valence-corrected chi connectivity index (χ1v) is 14.0. The van der Waals surface area contributed by atoms with Gasteiger partial charge in [0.1, 0.15) is 5.00 Å². The number of carbonyl (C=O) groups excluding carboxylic acids is 1. The van der Waals surface area contributed by atoms with Gasteiger partial charge >= 0.3 is 6.03 Å². The Kier molecular flexibility index (Phi) is 5.78. The topological polar surface area (TPSA) is 53.4 Å². The Morgan fingerprint density at radius 2 is 1.89 bits per heavy atom. The van der Waals surface area contributed by atoms with E-state index >= 15 is 0 Å². The molecular formula is C27H31N5OS2. The highest BCUT2D eigenvalue weighted by Gasteiger charge is 2.39. The molecule has 2 aliphatic carbocycles. The molecule has 2 aromatic heterocycles. The average molecular weight is 506 g/mol. The van der Waals surface area contributed by atoms with E-state index in [2.05, 4.69) is 47.6 Å². The number of fused-ring (bicyclic) bond motifs is 2. The van der Waals surface area contributed by atoms with Gasteiger partial charge in [-0.2, -0.15) is 5.10 Å². The number of nitrogens with zero attached hydrogens (tertiary/aromatic N) is 4. The number of aromatic nitrogens is 2. The fourth-order valence-electron chi connectivity index (χ4n) is 4.88. The highest BCUT2D eigenvalue weighted by molar-refractivity contribution is 7.99. The second-order valence-electron chi connectivity index (χ2n) is 10.3. The van der Waals surface area contributed by atoms with Gasteiger partial charge in [0.2, 0.25) is 0 Å². The quantitative estimate of drug-likeness (QED) is 0.393.